The van der Waals surface area contributed by atoms with Gasteiger partial charge in [0.05, 0.1) is 18.6 Å². The highest BCUT2D eigenvalue weighted by Gasteiger charge is 2.33. The maximum Gasteiger partial charge on any atom is 0.231 e. The first-order valence-corrected chi connectivity index (χ1v) is 7.61. The van der Waals surface area contributed by atoms with Gasteiger partial charge in [-0.2, -0.15) is 0 Å². The molecule has 112 valence electrons. The van der Waals surface area contributed by atoms with Gasteiger partial charge in [-0.05, 0) is 24.2 Å². The van der Waals surface area contributed by atoms with Crippen LogP contribution in [0.25, 0.3) is 0 Å². The molecular formula is C15H19N3O2S. The van der Waals surface area contributed by atoms with Crippen molar-refractivity contribution in [2.24, 2.45) is 0 Å². The first-order valence-electron chi connectivity index (χ1n) is 7.20. The maximum atomic E-state index is 12.4. The van der Waals surface area contributed by atoms with Crippen LogP contribution in [0.3, 0.4) is 0 Å². The van der Waals surface area contributed by atoms with Gasteiger partial charge in [0.1, 0.15) is 0 Å². The molecule has 6 heteroatoms. The number of β-amino-alcohol motifs (C(OH)–C–C–N with tert-alkyl or cyclic N) is 1. The third-order valence-corrected chi connectivity index (χ3v) is 4.36. The molecule has 2 aliphatic rings. The number of rotatable bonds is 3. The van der Waals surface area contributed by atoms with E-state index in [4.69, 9.17) is 12.2 Å². The molecule has 3 rings (SSSR count). The van der Waals surface area contributed by atoms with Crippen LogP contribution in [0.1, 0.15) is 24.4 Å². The number of aliphatic hydroxyl groups excluding tert-OH is 1. The smallest absolute Gasteiger partial charge is 0.231 e. The summed E-state index contributed by atoms with van der Waals surface area (Å²) in [6, 6.07) is 9.93. The number of carbonyl (C=O) groups excluding carboxylic acids is 1. The zero-order valence-corrected chi connectivity index (χ0v) is 12.5. The van der Waals surface area contributed by atoms with Gasteiger partial charge in [0, 0.05) is 19.1 Å². The van der Waals surface area contributed by atoms with E-state index in [1.54, 1.807) is 4.90 Å². The van der Waals surface area contributed by atoms with Crippen molar-refractivity contribution in [3.8, 4) is 0 Å². The Morgan fingerprint density at radius 3 is 2.71 bits per heavy atom. The molecule has 0 aromatic heterocycles. The van der Waals surface area contributed by atoms with Crippen molar-refractivity contribution in [1.29, 1.82) is 0 Å². The Labute approximate surface area is 129 Å². The monoisotopic (exact) mass is 305 g/mol. The Bertz CT molecular complexity index is 519. The van der Waals surface area contributed by atoms with Gasteiger partial charge < -0.3 is 15.7 Å². The third-order valence-electron chi connectivity index (χ3n) is 4.03. The fourth-order valence-electron chi connectivity index (χ4n) is 2.90. The van der Waals surface area contributed by atoms with E-state index in [1.165, 1.54) is 0 Å². The first kappa shape index (κ1) is 14.4. The second-order valence-corrected chi connectivity index (χ2v) is 6.00. The highest BCUT2D eigenvalue weighted by Crippen LogP contribution is 2.23. The molecule has 3 atom stereocenters. The van der Waals surface area contributed by atoms with Gasteiger partial charge in [-0.3, -0.25) is 9.69 Å². The molecule has 0 spiro atoms. The molecule has 2 aliphatic heterocycles. The van der Waals surface area contributed by atoms with E-state index in [9.17, 15) is 9.90 Å². The van der Waals surface area contributed by atoms with E-state index in [0.29, 0.717) is 31.0 Å². The van der Waals surface area contributed by atoms with Gasteiger partial charge in [-0.15, -0.1) is 0 Å². The van der Waals surface area contributed by atoms with Crippen LogP contribution in [0.4, 0.5) is 0 Å². The van der Waals surface area contributed by atoms with E-state index < -0.39 is 0 Å². The molecule has 3 N–H and O–H groups in total. The maximum absolute atomic E-state index is 12.4. The van der Waals surface area contributed by atoms with Crippen LogP contribution >= 0.6 is 12.2 Å². The lowest BCUT2D eigenvalue weighted by atomic mass is 10.0. The van der Waals surface area contributed by atoms with Crippen molar-refractivity contribution in [1.82, 2.24) is 15.5 Å². The summed E-state index contributed by atoms with van der Waals surface area (Å²) in [5.74, 6) is 0.0378. The van der Waals surface area contributed by atoms with Crippen LogP contribution in [0.15, 0.2) is 30.3 Å². The van der Waals surface area contributed by atoms with Crippen molar-refractivity contribution < 1.29 is 9.90 Å². The Balaban J connectivity index is 1.65. The van der Waals surface area contributed by atoms with Gasteiger partial charge >= 0.3 is 0 Å². The molecule has 1 amide bonds. The molecule has 0 unspecified atom stereocenters. The summed E-state index contributed by atoms with van der Waals surface area (Å²) >= 11 is 5.35. The van der Waals surface area contributed by atoms with Crippen molar-refractivity contribution in [3.63, 3.8) is 0 Å². The van der Waals surface area contributed by atoms with Crippen LogP contribution in [-0.2, 0) is 4.79 Å². The highest BCUT2D eigenvalue weighted by atomic mass is 32.1. The Hall–Kier alpha value is -1.50. The summed E-state index contributed by atoms with van der Waals surface area (Å²) < 4.78 is 0. The van der Waals surface area contributed by atoms with E-state index in [-0.39, 0.29) is 24.1 Å². The normalized spacial score (nSPS) is 29.6. The summed E-state index contributed by atoms with van der Waals surface area (Å²) in [6.45, 7) is 1.10. The zero-order valence-electron chi connectivity index (χ0n) is 11.7. The number of thiocarbonyl (C=S) groups is 1. The molecule has 2 saturated heterocycles. The van der Waals surface area contributed by atoms with Crippen molar-refractivity contribution >= 4 is 23.2 Å². The van der Waals surface area contributed by atoms with Gasteiger partial charge in [0.25, 0.3) is 0 Å². The molecule has 1 aromatic carbocycles. The van der Waals surface area contributed by atoms with E-state index >= 15 is 0 Å². The fourth-order valence-corrected chi connectivity index (χ4v) is 3.22. The summed E-state index contributed by atoms with van der Waals surface area (Å²) in [5.41, 5.74) is 1.07. The largest absolute Gasteiger partial charge is 0.392 e. The quantitative estimate of drug-likeness (QED) is 0.712. The summed E-state index contributed by atoms with van der Waals surface area (Å²) in [6.07, 6.45) is 0.738. The topological polar surface area (TPSA) is 64.6 Å². The molecule has 2 fully saturated rings. The van der Waals surface area contributed by atoms with Crippen molar-refractivity contribution in [3.05, 3.63) is 35.9 Å². The second kappa shape index (κ2) is 6.09. The van der Waals surface area contributed by atoms with E-state index in [1.807, 2.05) is 30.3 Å². The van der Waals surface area contributed by atoms with Crippen molar-refractivity contribution in [2.45, 2.75) is 31.0 Å². The number of aliphatic hydroxyl groups is 1. The average molecular weight is 305 g/mol. The standard InChI is InChI=1S/C15H19N3O2S/c19-12-6-11(16-8-12)9-18-14(20)7-13(17-15(18)21)10-4-2-1-3-5-10/h1-5,11-13,16,19H,6-9H2,(H,17,21)/t11-,12-,13-/m0/s1. The summed E-state index contributed by atoms with van der Waals surface area (Å²) in [4.78, 5) is 14.0. The fraction of sp³-hybridized carbons (Fsp3) is 0.467. The number of nitrogens with one attached hydrogen (secondary N) is 2. The van der Waals surface area contributed by atoms with Crippen LogP contribution in [0, 0.1) is 0 Å². The minimum atomic E-state index is -0.325. The minimum absolute atomic E-state index is 0.0378. The Kier molecular flexibility index (Phi) is 4.19. The molecule has 0 aliphatic carbocycles. The van der Waals surface area contributed by atoms with Crippen molar-refractivity contribution in [2.75, 3.05) is 13.1 Å². The number of hydrogen-bond donors (Lipinski definition) is 3. The van der Waals surface area contributed by atoms with Gasteiger partial charge in [0.2, 0.25) is 5.91 Å². The average Bonchev–Trinajstić information content (AvgIpc) is 2.89. The van der Waals surface area contributed by atoms with Gasteiger partial charge in [0.15, 0.2) is 5.11 Å². The Morgan fingerprint density at radius 2 is 2.10 bits per heavy atom. The van der Waals surface area contributed by atoms with Gasteiger partial charge in [-0.25, -0.2) is 0 Å². The number of benzene rings is 1. The molecule has 2 heterocycles. The lowest BCUT2D eigenvalue weighted by Crippen LogP contribution is -2.54. The molecule has 21 heavy (non-hydrogen) atoms. The van der Waals surface area contributed by atoms with Crippen LogP contribution in [0.5, 0.6) is 0 Å². The molecule has 5 nitrogen and oxygen atoms in total. The highest BCUT2D eigenvalue weighted by molar-refractivity contribution is 7.80. The zero-order chi connectivity index (χ0) is 14.8. The molecule has 0 radical (unpaired) electrons. The van der Waals surface area contributed by atoms with Crippen LogP contribution in [0.2, 0.25) is 0 Å². The molecule has 0 saturated carbocycles. The van der Waals surface area contributed by atoms with Crippen LogP contribution in [-0.4, -0.2) is 46.3 Å². The first-order chi connectivity index (χ1) is 10.1. The number of nitrogens with zero attached hydrogens (tertiary/aromatic N) is 1. The van der Waals surface area contributed by atoms with E-state index in [0.717, 1.165) is 5.56 Å². The molecular weight excluding hydrogens is 286 g/mol. The molecule has 1 aromatic rings. The number of amides is 1. The second-order valence-electron chi connectivity index (χ2n) is 5.62. The predicted molar refractivity (Wildman–Crippen MR) is 83.7 cm³/mol. The van der Waals surface area contributed by atoms with E-state index in [2.05, 4.69) is 10.6 Å². The molecule has 0 bridgehead atoms. The Morgan fingerprint density at radius 1 is 1.33 bits per heavy atom. The summed E-state index contributed by atoms with van der Waals surface area (Å²) in [7, 11) is 0. The summed E-state index contributed by atoms with van der Waals surface area (Å²) in [5, 5.41) is 16.5. The lowest BCUT2D eigenvalue weighted by molar-refractivity contribution is -0.129. The minimum Gasteiger partial charge on any atom is -0.392 e. The SMILES string of the molecule is O=C1C[C@@H](c2ccccc2)NC(=S)N1C[C@@H]1C[C@H](O)CN1. The van der Waals surface area contributed by atoms with Crippen LogP contribution < -0.4 is 10.6 Å². The lowest BCUT2D eigenvalue weighted by Gasteiger charge is -2.35. The van der Waals surface area contributed by atoms with Gasteiger partial charge in [-0.1, -0.05) is 30.3 Å². The number of hydrogen-bond acceptors (Lipinski definition) is 4. The number of carbonyl (C=O) groups is 1. The third kappa shape index (κ3) is 3.23. The predicted octanol–water partition coefficient (Wildman–Crippen LogP) is 0.557.